The minimum Gasteiger partial charge on any atom is -0.378 e. The number of nitrogens with one attached hydrogen (secondary N) is 1. The molecule has 1 aliphatic carbocycles. The average molecular weight is 402 g/mol. The Hall–Kier alpha value is -1.44. The maximum absolute atomic E-state index is 5.57. The van der Waals surface area contributed by atoms with Crippen LogP contribution in [0, 0.1) is 0 Å². The van der Waals surface area contributed by atoms with E-state index in [1.807, 2.05) is 18.1 Å². The lowest BCUT2D eigenvalue weighted by Crippen LogP contribution is -2.37. The predicted octanol–water partition coefficient (Wildman–Crippen LogP) is 3.88. The summed E-state index contributed by atoms with van der Waals surface area (Å²) in [6.07, 6.45) is 7.84. The predicted molar refractivity (Wildman–Crippen MR) is 112 cm³/mol. The molecule has 3 aromatic rings. The highest BCUT2D eigenvalue weighted by Gasteiger charge is 2.28. The fourth-order valence-corrected chi connectivity index (χ4v) is 6.32. The lowest BCUT2D eigenvalue weighted by atomic mass is 9.90. The first kappa shape index (κ1) is 17.6. The molecule has 1 fully saturated rings. The van der Waals surface area contributed by atoms with Crippen molar-refractivity contribution in [3.63, 3.8) is 0 Å². The highest BCUT2D eigenvalue weighted by molar-refractivity contribution is 7.99. The number of morpholine rings is 1. The van der Waals surface area contributed by atoms with Crippen LogP contribution in [-0.2, 0) is 17.6 Å². The minimum absolute atomic E-state index is 0.801. The van der Waals surface area contributed by atoms with Gasteiger partial charge in [0.15, 0.2) is 5.03 Å². The summed E-state index contributed by atoms with van der Waals surface area (Å²) < 4.78 is 6.84. The van der Waals surface area contributed by atoms with Crippen molar-refractivity contribution < 1.29 is 9.72 Å². The van der Waals surface area contributed by atoms with E-state index in [1.54, 1.807) is 11.3 Å². The van der Waals surface area contributed by atoms with Gasteiger partial charge in [0.05, 0.1) is 18.6 Å². The van der Waals surface area contributed by atoms with Crippen molar-refractivity contribution >= 4 is 49.3 Å². The van der Waals surface area contributed by atoms with Crippen molar-refractivity contribution in [3.8, 4) is 0 Å². The number of thiophene rings is 1. The van der Waals surface area contributed by atoms with Crippen LogP contribution in [0.1, 0.15) is 37.3 Å². The topological polar surface area (TPSA) is 52.4 Å². The molecular formula is C20H25N4OS2+. The number of fused-ring (bicyclic) bond motifs is 5. The van der Waals surface area contributed by atoms with E-state index in [2.05, 4.69) is 16.8 Å². The van der Waals surface area contributed by atoms with Crippen molar-refractivity contribution in [1.29, 1.82) is 0 Å². The molecule has 1 N–H and O–H groups in total. The minimum atomic E-state index is 0.801. The van der Waals surface area contributed by atoms with E-state index < -0.39 is 0 Å². The third kappa shape index (κ3) is 3.09. The number of hydrogen-bond donors (Lipinski definition) is 0. The highest BCUT2D eigenvalue weighted by atomic mass is 32.2. The zero-order valence-electron chi connectivity index (χ0n) is 15.7. The van der Waals surface area contributed by atoms with Crippen molar-refractivity contribution in [2.75, 3.05) is 37.0 Å². The van der Waals surface area contributed by atoms with Crippen LogP contribution in [0.15, 0.2) is 11.4 Å². The molecule has 3 aromatic heterocycles. The van der Waals surface area contributed by atoms with E-state index in [9.17, 15) is 0 Å². The summed E-state index contributed by atoms with van der Waals surface area (Å²) in [6, 6.07) is 0. The first-order valence-electron chi connectivity index (χ1n) is 9.97. The maximum Gasteiger partial charge on any atom is 0.285 e. The van der Waals surface area contributed by atoms with Crippen LogP contribution >= 0.6 is 23.1 Å². The molecule has 0 unspecified atom stereocenters. The molecule has 0 saturated carbocycles. The molecule has 2 aliphatic rings. The molecule has 0 spiro atoms. The van der Waals surface area contributed by atoms with Crippen molar-refractivity contribution in [1.82, 2.24) is 9.97 Å². The number of pyridine rings is 1. The molecule has 4 heterocycles. The van der Waals surface area contributed by atoms with E-state index in [-0.39, 0.29) is 0 Å². The van der Waals surface area contributed by atoms with Gasteiger partial charge in [0.1, 0.15) is 15.3 Å². The maximum atomic E-state index is 5.57. The Labute approximate surface area is 167 Å². The Morgan fingerprint density at radius 2 is 2.04 bits per heavy atom. The van der Waals surface area contributed by atoms with Crippen LogP contribution in [0.2, 0.25) is 0 Å². The molecule has 0 bridgehead atoms. The third-order valence-corrected chi connectivity index (χ3v) is 7.91. The molecule has 0 atom stereocenters. The zero-order valence-corrected chi connectivity index (χ0v) is 17.3. The van der Waals surface area contributed by atoms with Gasteiger partial charge < -0.3 is 9.64 Å². The van der Waals surface area contributed by atoms with Crippen LogP contribution in [0.3, 0.4) is 0 Å². The summed E-state index contributed by atoms with van der Waals surface area (Å²) in [5.74, 6) is 2.33. The Kier molecular flexibility index (Phi) is 4.92. The largest absolute Gasteiger partial charge is 0.378 e. The fourth-order valence-electron chi connectivity index (χ4n) is 4.20. The van der Waals surface area contributed by atoms with E-state index in [0.717, 1.165) is 55.2 Å². The first-order chi connectivity index (χ1) is 13.4. The lowest BCUT2D eigenvalue weighted by Gasteiger charge is -2.31. The number of nitrogens with zero attached hydrogens (tertiary/aromatic N) is 3. The summed E-state index contributed by atoms with van der Waals surface area (Å²) in [7, 11) is 0. The van der Waals surface area contributed by atoms with Gasteiger partial charge in [-0.3, -0.25) is 0 Å². The average Bonchev–Trinajstić information content (AvgIpc) is 3.11. The van der Waals surface area contributed by atoms with Gasteiger partial charge in [-0.25, -0.2) is 9.97 Å². The van der Waals surface area contributed by atoms with Gasteiger partial charge in [0.25, 0.3) is 6.33 Å². The summed E-state index contributed by atoms with van der Waals surface area (Å²) in [6.45, 7) is 5.71. The molecule has 7 heteroatoms. The number of thioether (sulfide) groups is 1. The second kappa shape index (κ2) is 7.53. The smallest absolute Gasteiger partial charge is 0.285 e. The van der Waals surface area contributed by atoms with Gasteiger partial charge in [0, 0.05) is 18.8 Å². The molecule has 1 saturated heterocycles. The molecule has 27 heavy (non-hydrogen) atoms. The van der Waals surface area contributed by atoms with Gasteiger partial charge in [-0.2, -0.15) is 0 Å². The van der Waals surface area contributed by atoms with Crippen LogP contribution in [0.4, 0.5) is 5.82 Å². The molecule has 0 radical (unpaired) electrons. The number of ether oxygens (including phenoxy) is 1. The zero-order chi connectivity index (χ0) is 18.2. The SMILES string of the molecule is CCCSc1[nH+]cnc2c1sc1nc(N3CCOCC3)c3c(c12)CCCC3. The van der Waals surface area contributed by atoms with E-state index in [4.69, 9.17) is 14.7 Å². The Bertz CT molecular complexity index is 981. The summed E-state index contributed by atoms with van der Waals surface area (Å²) in [5.41, 5.74) is 4.11. The normalized spacial score (nSPS) is 17.6. The Morgan fingerprint density at radius 1 is 1.22 bits per heavy atom. The number of rotatable bonds is 4. The summed E-state index contributed by atoms with van der Waals surface area (Å²) >= 11 is 3.70. The van der Waals surface area contributed by atoms with E-state index >= 15 is 0 Å². The molecule has 0 amide bonds. The second-order valence-electron chi connectivity index (χ2n) is 7.24. The first-order valence-corrected chi connectivity index (χ1v) is 11.8. The second-order valence-corrected chi connectivity index (χ2v) is 9.34. The van der Waals surface area contributed by atoms with Gasteiger partial charge in [0.2, 0.25) is 5.52 Å². The number of aromatic nitrogens is 3. The summed E-state index contributed by atoms with van der Waals surface area (Å²) in [5, 5.41) is 2.55. The number of aromatic amines is 1. The van der Waals surface area contributed by atoms with Crippen LogP contribution in [0.25, 0.3) is 20.4 Å². The van der Waals surface area contributed by atoms with Gasteiger partial charge >= 0.3 is 0 Å². The Balaban J connectivity index is 1.73. The van der Waals surface area contributed by atoms with Crippen LogP contribution in [-0.4, -0.2) is 42.0 Å². The monoisotopic (exact) mass is 401 g/mol. The van der Waals surface area contributed by atoms with Crippen molar-refractivity contribution in [3.05, 3.63) is 17.5 Å². The highest BCUT2D eigenvalue weighted by Crippen LogP contribution is 2.42. The van der Waals surface area contributed by atoms with E-state index in [0.29, 0.717) is 0 Å². The van der Waals surface area contributed by atoms with Crippen molar-refractivity contribution in [2.24, 2.45) is 0 Å². The van der Waals surface area contributed by atoms with Crippen LogP contribution < -0.4 is 9.88 Å². The molecule has 142 valence electrons. The molecule has 5 rings (SSSR count). The number of H-pyrrole nitrogens is 1. The van der Waals surface area contributed by atoms with Gasteiger partial charge in [-0.15, -0.1) is 11.3 Å². The van der Waals surface area contributed by atoms with Gasteiger partial charge in [-0.1, -0.05) is 18.7 Å². The Morgan fingerprint density at radius 3 is 2.85 bits per heavy atom. The standard InChI is InChI=1S/C20H24N4OS2/c1-2-11-26-20-17-16(21-12-22-20)15-13-5-3-4-6-14(13)18(23-19(15)27-17)24-7-9-25-10-8-24/h12H,2-11H2,1H3/p+1. The molecule has 0 aromatic carbocycles. The number of anilines is 1. The fraction of sp³-hybridized carbons (Fsp3) is 0.550. The van der Waals surface area contributed by atoms with Crippen LogP contribution in [0.5, 0.6) is 0 Å². The third-order valence-electron chi connectivity index (χ3n) is 5.47. The van der Waals surface area contributed by atoms with Crippen molar-refractivity contribution in [2.45, 2.75) is 44.1 Å². The molecule has 5 nitrogen and oxygen atoms in total. The summed E-state index contributed by atoms with van der Waals surface area (Å²) in [4.78, 5) is 16.9. The van der Waals surface area contributed by atoms with E-state index in [1.165, 1.54) is 51.3 Å². The number of aryl methyl sites for hydroxylation is 1. The number of hydrogen-bond acceptors (Lipinski definition) is 6. The quantitative estimate of drug-likeness (QED) is 0.491. The molecule has 1 aliphatic heterocycles. The lowest BCUT2D eigenvalue weighted by molar-refractivity contribution is -0.427. The molecular weight excluding hydrogens is 376 g/mol. The van der Waals surface area contributed by atoms with Gasteiger partial charge in [-0.05, 0) is 48.2 Å².